The lowest BCUT2D eigenvalue weighted by Crippen LogP contribution is -2.31. The van der Waals surface area contributed by atoms with Crippen LogP contribution in [-0.4, -0.2) is 23.3 Å². The number of rotatable bonds is 8. The van der Waals surface area contributed by atoms with Gasteiger partial charge in [-0.3, -0.25) is 14.6 Å². The van der Waals surface area contributed by atoms with Gasteiger partial charge in [0.2, 0.25) is 5.91 Å². The highest BCUT2D eigenvalue weighted by molar-refractivity contribution is 5.94. The Morgan fingerprint density at radius 2 is 1.54 bits per heavy atom. The molecule has 2 amide bonds. The van der Waals surface area contributed by atoms with E-state index in [4.69, 9.17) is 0 Å². The van der Waals surface area contributed by atoms with E-state index in [0.29, 0.717) is 24.9 Å². The molecule has 2 aromatic carbocycles. The summed E-state index contributed by atoms with van der Waals surface area (Å²) >= 11 is 0. The van der Waals surface area contributed by atoms with Gasteiger partial charge in [0, 0.05) is 24.7 Å². The van der Waals surface area contributed by atoms with Crippen molar-refractivity contribution in [3.05, 3.63) is 102 Å². The van der Waals surface area contributed by atoms with E-state index in [2.05, 4.69) is 15.6 Å². The number of benzene rings is 2. The van der Waals surface area contributed by atoms with Crippen LogP contribution < -0.4 is 10.6 Å². The molecule has 3 aromatic rings. The fourth-order valence-corrected chi connectivity index (χ4v) is 2.90. The molecule has 1 unspecified atom stereocenters. The molecule has 1 heterocycles. The highest BCUT2D eigenvalue weighted by atomic mass is 16.2. The second-order valence-electron chi connectivity index (χ2n) is 6.39. The summed E-state index contributed by atoms with van der Waals surface area (Å²) in [5.74, 6) is -0.204. The van der Waals surface area contributed by atoms with E-state index in [0.717, 1.165) is 11.3 Å². The number of amides is 2. The van der Waals surface area contributed by atoms with E-state index in [1.165, 1.54) is 0 Å². The van der Waals surface area contributed by atoms with Crippen LogP contribution in [0.1, 0.15) is 40.5 Å². The molecule has 1 aromatic heterocycles. The predicted octanol–water partition coefficient (Wildman–Crippen LogP) is 3.50. The van der Waals surface area contributed by atoms with E-state index in [9.17, 15) is 9.59 Å². The summed E-state index contributed by atoms with van der Waals surface area (Å²) in [7, 11) is 0. The molecule has 0 aliphatic rings. The molecule has 5 heteroatoms. The molecule has 0 saturated heterocycles. The molecule has 28 heavy (non-hydrogen) atoms. The Morgan fingerprint density at radius 1 is 0.857 bits per heavy atom. The highest BCUT2D eigenvalue weighted by Crippen LogP contribution is 2.20. The van der Waals surface area contributed by atoms with Gasteiger partial charge in [0.05, 0.1) is 11.7 Å². The first kappa shape index (κ1) is 19.3. The van der Waals surface area contributed by atoms with Crippen LogP contribution in [-0.2, 0) is 4.79 Å². The third-order valence-electron chi connectivity index (χ3n) is 4.32. The molecule has 2 N–H and O–H groups in total. The Labute approximate surface area is 164 Å². The third kappa shape index (κ3) is 5.51. The van der Waals surface area contributed by atoms with Gasteiger partial charge in [-0.2, -0.15) is 0 Å². The second kappa shape index (κ2) is 10.0. The third-order valence-corrected chi connectivity index (χ3v) is 4.32. The normalized spacial score (nSPS) is 11.4. The van der Waals surface area contributed by atoms with Crippen molar-refractivity contribution in [2.45, 2.75) is 18.9 Å². The number of pyridine rings is 1. The molecular weight excluding hydrogens is 350 g/mol. The molecule has 0 fully saturated rings. The summed E-state index contributed by atoms with van der Waals surface area (Å²) in [5, 5.41) is 5.89. The van der Waals surface area contributed by atoms with E-state index in [1.54, 1.807) is 18.3 Å². The van der Waals surface area contributed by atoms with E-state index < -0.39 is 0 Å². The van der Waals surface area contributed by atoms with Crippen LogP contribution in [0.5, 0.6) is 0 Å². The van der Waals surface area contributed by atoms with Crippen molar-refractivity contribution >= 4 is 11.8 Å². The lowest BCUT2D eigenvalue weighted by Gasteiger charge is -2.19. The van der Waals surface area contributed by atoms with Gasteiger partial charge in [0.15, 0.2) is 0 Å². The summed E-state index contributed by atoms with van der Waals surface area (Å²) in [6.07, 6.45) is 2.61. The fraction of sp³-hybridized carbons (Fsp3) is 0.174. The van der Waals surface area contributed by atoms with E-state index in [1.807, 2.05) is 66.7 Å². The summed E-state index contributed by atoms with van der Waals surface area (Å²) < 4.78 is 0. The molecule has 0 bridgehead atoms. The Balaban J connectivity index is 1.52. The first-order valence-corrected chi connectivity index (χ1v) is 9.32. The topological polar surface area (TPSA) is 71.1 Å². The van der Waals surface area contributed by atoms with E-state index >= 15 is 0 Å². The number of aromatic nitrogens is 1. The van der Waals surface area contributed by atoms with Crippen molar-refractivity contribution in [2.75, 3.05) is 6.54 Å². The Kier molecular flexibility index (Phi) is 6.90. The predicted molar refractivity (Wildman–Crippen MR) is 109 cm³/mol. The lowest BCUT2D eigenvalue weighted by atomic mass is 10.0. The number of nitrogens with one attached hydrogen (secondary N) is 2. The van der Waals surface area contributed by atoms with Gasteiger partial charge in [-0.05, 0) is 36.2 Å². The summed E-state index contributed by atoms with van der Waals surface area (Å²) in [4.78, 5) is 28.9. The Hall–Kier alpha value is -3.47. The van der Waals surface area contributed by atoms with Gasteiger partial charge >= 0.3 is 0 Å². The fourth-order valence-electron chi connectivity index (χ4n) is 2.90. The van der Waals surface area contributed by atoms with Crippen LogP contribution in [0.25, 0.3) is 0 Å². The van der Waals surface area contributed by atoms with Crippen molar-refractivity contribution in [1.29, 1.82) is 0 Å². The Morgan fingerprint density at radius 3 is 2.21 bits per heavy atom. The quantitative estimate of drug-likeness (QED) is 0.594. The summed E-state index contributed by atoms with van der Waals surface area (Å²) in [5.41, 5.74) is 2.39. The summed E-state index contributed by atoms with van der Waals surface area (Å²) in [6, 6.07) is 24.2. The van der Waals surface area contributed by atoms with Gasteiger partial charge in [-0.1, -0.05) is 54.6 Å². The van der Waals surface area contributed by atoms with Crippen molar-refractivity contribution in [2.24, 2.45) is 0 Å². The smallest absolute Gasteiger partial charge is 0.251 e. The van der Waals surface area contributed by atoms with Crippen LogP contribution >= 0.6 is 0 Å². The number of hydrogen-bond donors (Lipinski definition) is 2. The monoisotopic (exact) mass is 373 g/mol. The van der Waals surface area contributed by atoms with Crippen molar-refractivity contribution < 1.29 is 9.59 Å². The zero-order chi connectivity index (χ0) is 19.6. The molecule has 0 saturated carbocycles. The standard InChI is InChI=1S/C23H23N3O2/c27-21(15-9-17-25-23(28)19-12-5-2-6-13-19)26-22(18-10-3-1-4-11-18)20-14-7-8-16-24-20/h1-8,10-14,16,22H,9,15,17H2,(H,25,28)(H,26,27). The minimum atomic E-state index is -0.297. The van der Waals surface area contributed by atoms with Gasteiger partial charge in [0.1, 0.15) is 0 Å². The summed E-state index contributed by atoms with van der Waals surface area (Å²) in [6.45, 7) is 0.445. The van der Waals surface area contributed by atoms with E-state index in [-0.39, 0.29) is 17.9 Å². The number of carbonyl (C=O) groups is 2. The maximum atomic E-state index is 12.5. The van der Waals surface area contributed by atoms with Crippen molar-refractivity contribution in [1.82, 2.24) is 15.6 Å². The second-order valence-corrected chi connectivity index (χ2v) is 6.39. The van der Waals surface area contributed by atoms with Gasteiger partial charge in [-0.25, -0.2) is 0 Å². The molecule has 0 spiro atoms. The zero-order valence-electron chi connectivity index (χ0n) is 15.5. The molecule has 3 rings (SSSR count). The minimum absolute atomic E-state index is 0.0755. The number of hydrogen-bond acceptors (Lipinski definition) is 3. The maximum absolute atomic E-state index is 12.5. The average molecular weight is 373 g/mol. The highest BCUT2D eigenvalue weighted by Gasteiger charge is 2.17. The van der Waals surface area contributed by atoms with Crippen molar-refractivity contribution in [3.8, 4) is 0 Å². The van der Waals surface area contributed by atoms with Crippen molar-refractivity contribution in [3.63, 3.8) is 0 Å². The SMILES string of the molecule is O=C(CCCNC(=O)c1ccccc1)NC(c1ccccc1)c1ccccn1. The van der Waals surface area contributed by atoms with Gasteiger partial charge in [0.25, 0.3) is 5.91 Å². The molecule has 1 atom stereocenters. The molecule has 5 nitrogen and oxygen atoms in total. The Bertz CT molecular complexity index is 844. The first-order valence-electron chi connectivity index (χ1n) is 9.32. The van der Waals surface area contributed by atoms with Crippen LogP contribution in [0.4, 0.5) is 0 Å². The van der Waals surface area contributed by atoms with Crippen LogP contribution in [0.3, 0.4) is 0 Å². The maximum Gasteiger partial charge on any atom is 0.251 e. The van der Waals surface area contributed by atoms with Crippen LogP contribution in [0, 0.1) is 0 Å². The zero-order valence-corrected chi connectivity index (χ0v) is 15.5. The molecular formula is C23H23N3O2. The molecule has 142 valence electrons. The molecule has 0 aliphatic heterocycles. The molecule has 0 radical (unpaired) electrons. The average Bonchev–Trinajstić information content (AvgIpc) is 2.76. The minimum Gasteiger partial charge on any atom is -0.352 e. The number of carbonyl (C=O) groups excluding carboxylic acids is 2. The number of nitrogens with zero attached hydrogens (tertiary/aromatic N) is 1. The van der Waals surface area contributed by atoms with Gasteiger partial charge in [-0.15, -0.1) is 0 Å². The lowest BCUT2D eigenvalue weighted by molar-refractivity contribution is -0.121. The molecule has 0 aliphatic carbocycles. The first-order chi connectivity index (χ1) is 13.7. The largest absolute Gasteiger partial charge is 0.352 e. The van der Waals surface area contributed by atoms with Crippen LogP contribution in [0.15, 0.2) is 85.1 Å². The van der Waals surface area contributed by atoms with Gasteiger partial charge < -0.3 is 10.6 Å². The van der Waals surface area contributed by atoms with Crippen LogP contribution in [0.2, 0.25) is 0 Å².